The number of carbonyl (C=O) groups excluding carboxylic acids is 5. The normalized spacial score (nSPS) is 20.3. The molecule has 50 heavy (non-hydrogen) atoms. The van der Waals surface area contributed by atoms with E-state index in [2.05, 4.69) is 0 Å². The minimum atomic E-state index is 0.244. The number of rotatable bonds is 10. The molecule has 0 aliphatic heterocycles. The van der Waals surface area contributed by atoms with Crippen LogP contribution >= 0.6 is 0 Å². The molecule has 0 bridgehead atoms. The van der Waals surface area contributed by atoms with Crippen molar-refractivity contribution in [2.75, 3.05) is 0 Å². The Bertz CT molecular complexity index is 973. The van der Waals surface area contributed by atoms with E-state index in [0.29, 0.717) is 58.5 Å². The van der Waals surface area contributed by atoms with E-state index in [1.807, 2.05) is 69.2 Å². The summed E-state index contributed by atoms with van der Waals surface area (Å²) >= 11 is 0. The highest BCUT2D eigenvalue weighted by molar-refractivity contribution is 5.85. The monoisotopic (exact) mass is 701 g/mol. The van der Waals surface area contributed by atoms with Gasteiger partial charge in [0.05, 0.1) is 0 Å². The predicted octanol–water partition coefficient (Wildman–Crippen LogP) is 12.0. The van der Waals surface area contributed by atoms with Crippen molar-refractivity contribution >= 4 is 28.9 Å². The molecule has 5 rings (SSSR count). The molecular weight excluding hydrogens is 620 g/mol. The maximum atomic E-state index is 11.7. The van der Waals surface area contributed by atoms with E-state index in [4.69, 9.17) is 0 Å². The van der Waals surface area contributed by atoms with Crippen molar-refractivity contribution in [1.82, 2.24) is 0 Å². The third kappa shape index (κ3) is 18.7. The average Bonchev–Trinajstić information content (AvgIpc) is 3.84. The summed E-state index contributed by atoms with van der Waals surface area (Å²) in [5.74, 6) is 5.79. The molecule has 0 N–H and O–H groups in total. The van der Waals surface area contributed by atoms with Crippen LogP contribution in [-0.4, -0.2) is 28.9 Å². The molecule has 0 aromatic rings. The summed E-state index contributed by atoms with van der Waals surface area (Å²) < 4.78 is 0. The molecule has 5 saturated carbocycles. The molecule has 5 aliphatic carbocycles. The number of Topliss-reactive ketones (excluding diaryl/α,β-unsaturated/α-hetero) is 5. The first-order valence-corrected chi connectivity index (χ1v) is 21.3. The number of ketones is 5. The molecule has 0 atom stereocenters. The summed E-state index contributed by atoms with van der Waals surface area (Å²) in [4.78, 5) is 56.5. The summed E-state index contributed by atoms with van der Waals surface area (Å²) in [6, 6.07) is 0. The van der Waals surface area contributed by atoms with Gasteiger partial charge in [0.15, 0.2) is 0 Å². The molecule has 0 heterocycles. The van der Waals surface area contributed by atoms with Gasteiger partial charge in [0.1, 0.15) is 28.9 Å². The zero-order valence-electron chi connectivity index (χ0n) is 34.5. The molecule has 0 spiro atoms. The van der Waals surface area contributed by atoms with Crippen molar-refractivity contribution in [2.24, 2.45) is 59.2 Å². The van der Waals surface area contributed by atoms with Crippen LogP contribution in [0.1, 0.15) is 198 Å². The maximum absolute atomic E-state index is 11.7. The highest BCUT2D eigenvalue weighted by Crippen LogP contribution is 2.32. The summed E-state index contributed by atoms with van der Waals surface area (Å²) in [7, 11) is 0. The van der Waals surface area contributed by atoms with Crippen molar-refractivity contribution in [2.45, 2.75) is 198 Å². The molecule has 0 aromatic heterocycles. The van der Waals surface area contributed by atoms with Gasteiger partial charge in [0.25, 0.3) is 0 Å². The van der Waals surface area contributed by atoms with Crippen molar-refractivity contribution in [3.05, 3.63) is 0 Å². The van der Waals surface area contributed by atoms with Gasteiger partial charge in [-0.05, 0) is 64.2 Å². The fourth-order valence-corrected chi connectivity index (χ4v) is 7.58. The Morgan fingerprint density at radius 3 is 0.580 bits per heavy atom. The summed E-state index contributed by atoms with van der Waals surface area (Å²) in [5, 5.41) is 0. The highest BCUT2D eigenvalue weighted by atomic mass is 16.1. The minimum absolute atomic E-state index is 0.244. The lowest BCUT2D eigenvalue weighted by Gasteiger charge is -2.25. The molecule has 5 nitrogen and oxygen atoms in total. The quantitative estimate of drug-likeness (QED) is 0.212. The SMILES string of the molecule is CC(C)C(=O)C1CC1.CC(C)C(=O)C1CCC1.CC(C)C(=O)C1CCCC1.CC(C)C(=O)C1CCCCC1.CC(C)C(=O)C1CCCCCC1. The second-order valence-corrected chi connectivity index (χ2v) is 17.7. The van der Waals surface area contributed by atoms with E-state index >= 15 is 0 Å². The number of hydrogen-bond acceptors (Lipinski definition) is 5. The first-order valence-electron chi connectivity index (χ1n) is 21.3. The average molecular weight is 701 g/mol. The lowest BCUT2D eigenvalue weighted by atomic mass is 9.79. The van der Waals surface area contributed by atoms with Crippen LogP contribution in [0.5, 0.6) is 0 Å². The molecule has 0 radical (unpaired) electrons. The van der Waals surface area contributed by atoms with Gasteiger partial charge in [-0.25, -0.2) is 0 Å². The van der Waals surface area contributed by atoms with Crippen LogP contribution in [0.15, 0.2) is 0 Å². The van der Waals surface area contributed by atoms with Crippen LogP contribution in [-0.2, 0) is 24.0 Å². The predicted molar refractivity (Wildman–Crippen MR) is 209 cm³/mol. The van der Waals surface area contributed by atoms with Gasteiger partial charge in [-0.2, -0.15) is 0 Å². The Balaban J connectivity index is 0.000000314. The second kappa shape index (κ2) is 25.3. The zero-order valence-corrected chi connectivity index (χ0v) is 34.5. The van der Waals surface area contributed by atoms with E-state index in [1.54, 1.807) is 0 Å². The fraction of sp³-hybridized carbons (Fsp3) is 0.889. The lowest BCUT2D eigenvalue weighted by molar-refractivity contribution is -0.128. The van der Waals surface area contributed by atoms with Crippen LogP contribution in [0.2, 0.25) is 0 Å². The molecule has 5 aliphatic rings. The van der Waals surface area contributed by atoms with E-state index in [9.17, 15) is 24.0 Å². The van der Waals surface area contributed by atoms with Gasteiger partial charge in [-0.15, -0.1) is 0 Å². The van der Waals surface area contributed by atoms with E-state index < -0.39 is 0 Å². The van der Waals surface area contributed by atoms with Crippen LogP contribution in [0, 0.1) is 59.2 Å². The zero-order chi connectivity index (χ0) is 37.8. The third-order valence-corrected chi connectivity index (χ3v) is 11.4. The Morgan fingerprint density at radius 2 is 0.420 bits per heavy atom. The Kier molecular flexibility index (Phi) is 23.5. The summed E-state index contributed by atoms with van der Waals surface area (Å²) in [5.41, 5.74) is 0. The second-order valence-electron chi connectivity index (χ2n) is 17.7. The smallest absolute Gasteiger partial charge is 0.138 e. The molecule has 0 amide bonds. The van der Waals surface area contributed by atoms with E-state index in [1.165, 1.54) is 64.2 Å². The lowest BCUT2D eigenvalue weighted by Crippen LogP contribution is -2.25. The topological polar surface area (TPSA) is 85.3 Å². The molecule has 5 heteroatoms. The van der Waals surface area contributed by atoms with Gasteiger partial charge < -0.3 is 0 Å². The maximum Gasteiger partial charge on any atom is 0.138 e. The van der Waals surface area contributed by atoms with E-state index in [-0.39, 0.29) is 29.6 Å². The van der Waals surface area contributed by atoms with E-state index in [0.717, 1.165) is 64.2 Å². The van der Waals surface area contributed by atoms with Crippen molar-refractivity contribution in [3.8, 4) is 0 Å². The van der Waals surface area contributed by atoms with Gasteiger partial charge in [-0.3, -0.25) is 24.0 Å². The Labute approximate surface area is 309 Å². The first kappa shape index (κ1) is 46.4. The van der Waals surface area contributed by atoms with Crippen LogP contribution in [0.3, 0.4) is 0 Å². The molecule has 0 aromatic carbocycles. The number of carbonyl (C=O) groups is 5. The fourth-order valence-electron chi connectivity index (χ4n) is 7.58. The standard InChI is InChI=1S/C11H20O.C10H18O.C9H16O.C8H14O.C7H12O/c1-9(2)11(12)10-7-5-3-4-6-8-10;1-8(2)10(11)9-6-4-3-5-7-9;1-7(2)9(10)8-5-3-4-6-8;1-6(2)8(9)7-4-3-5-7;1-5(2)7(8)6-3-4-6/h9-10H,3-8H2,1-2H3;8-9H,3-7H2,1-2H3;7-8H,3-6H2,1-2H3;6-7H,3-5H2,1-2H3;5-6H,3-4H2,1-2H3. The summed E-state index contributed by atoms with van der Waals surface area (Å²) in [6.07, 6.45) is 24.4. The minimum Gasteiger partial charge on any atom is -0.299 e. The molecule has 5 fully saturated rings. The first-order chi connectivity index (χ1) is 23.6. The van der Waals surface area contributed by atoms with Crippen molar-refractivity contribution in [3.63, 3.8) is 0 Å². The summed E-state index contributed by atoms with van der Waals surface area (Å²) in [6.45, 7) is 20.0. The van der Waals surface area contributed by atoms with Gasteiger partial charge in [0, 0.05) is 59.2 Å². The van der Waals surface area contributed by atoms with Gasteiger partial charge >= 0.3 is 0 Å². The Morgan fingerprint density at radius 1 is 0.260 bits per heavy atom. The van der Waals surface area contributed by atoms with Crippen LogP contribution in [0.25, 0.3) is 0 Å². The highest BCUT2D eigenvalue weighted by Gasteiger charge is 2.31. The molecule has 0 unspecified atom stereocenters. The van der Waals surface area contributed by atoms with Crippen molar-refractivity contribution in [1.29, 1.82) is 0 Å². The Hall–Kier alpha value is -1.65. The molecule has 290 valence electrons. The largest absolute Gasteiger partial charge is 0.299 e. The van der Waals surface area contributed by atoms with Crippen molar-refractivity contribution < 1.29 is 24.0 Å². The van der Waals surface area contributed by atoms with Crippen LogP contribution < -0.4 is 0 Å². The number of hydrogen-bond donors (Lipinski definition) is 0. The molecular formula is C45H80O5. The third-order valence-electron chi connectivity index (χ3n) is 11.4. The molecule has 0 saturated heterocycles. The van der Waals surface area contributed by atoms with Gasteiger partial charge in [-0.1, -0.05) is 133 Å². The van der Waals surface area contributed by atoms with Gasteiger partial charge in [0.2, 0.25) is 0 Å². The van der Waals surface area contributed by atoms with Crippen LogP contribution in [0.4, 0.5) is 0 Å².